The van der Waals surface area contributed by atoms with Gasteiger partial charge in [0.1, 0.15) is 0 Å². The van der Waals surface area contributed by atoms with E-state index in [-0.39, 0.29) is 24.0 Å². The number of aliphatic imine (C=N–C) groups is 1. The summed E-state index contributed by atoms with van der Waals surface area (Å²) < 4.78 is 0. The van der Waals surface area contributed by atoms with E-state index in [4.69, 9.17) is 0 Å². The minimum atomic E-state index is -0.453. The van der Waals surface area contributed by atoms with Crippen LogP contribution in [0.3, 0.4) is 0 Å². The van der Waals surface area contributed by atoms with Crippen LogP contribution in [0.15, 0.2) is 35.3 Å². The number of rotatable bonds is 8. The molecule has 28 heavy (non-hydrogen) atoms. The second kappa shape index (κ2) is 12.6. The summed E-state index contributed by atoms with van der Waals surface area (Å²) in [5.41, 5.74) is 1.15. The predicted molar refractivity (Wildman–Crippen MR) is 127 cm³/mol. The van der Waals surface area contributed by atoms with Crippen LogP contribution in [-0.2, 0) is 6.42 Å². The molecule has 1 saturated carbocycles. The third kappa shape index (κ3) is 7.87. The predicted octanol–water partition coefficient (Wildman–Crippen LogP) is 3.03. The number of nitrogens with one attached hydrogen (secondary N) is 2. The van der Waals surface area contributed by atoms with Gasteiger partial charge in [0.05, 0.1) is 12.6 Å². The van der Waals surface area contributed by atoms with E-state index < -0.39 is 6.10 Å². The lowest BCUT2D eigenvalue weighted by molar-refractivity contribution is 0.183. The Balaban J connectivity index is 0.00000280. The number of halogens is 1. The molecule has 1 aromatic rings. The van der Waals surface area contributed by atoms with Crippen LogP contribution in [0.2, 0.25) is 0 Å². The Bertz CT molecular complexity index is 577. The largest absolute Gasteiger partial charge is 0.391 e. The fourth-order valence-electron chi connectivity index (χ4n) is 4.34. The Kier molecular flexibility index (Phi) is 10.6. The van der Waals surface area contributed by atoms with Crippen molar-refractivity contribution in [3.05, 3.63) is 35.9 Å². The van der Waals surface area contributed by atoms with Gasteiger partial charge in [-0.3, -0.25) is 4.99 Å². The first-order valence-electron chi connectivity index (χ1n) is 10.7. The van der Waals surface area contributed by atoms with Gasteiger partial charge in [-0.15, -0.1) is 24.0 Å². The zero-order chi connectivity index (χ0) is 18.9. The van der Waals surface area contributed by atoms with Crippen molar-refractivity contribution in [2.75, 3.05) is 32.7 Å². The normalized spacial score (nSPS) is 22.1. The Labute approximate surface area is 187 Å². The zero-order valence-electron chi connectivity index (χ0n) is 17.1. The monoisotopic (exact) mass is 500 g/mol. The molecular weight excluding hydrogens is 463 g/mol. The highest BCUT2D eigenvalue weighted by Crippen LogP contribution is 2.26. The molecule has 6 heteroatoms. The van der Waals surface area contributed by atoms with Crippen LogP contribution in [0.25, 0.3) is 0 Å². The van der Waals surface area contributed by atoms with Crippen LogP contribution in [0, 0.1) is 5.92 Å². The summed E-state index contributed by atoms with van der Waals surface area (Å²) in [7, 11) is 0. The fourth-order valence-corrected chi connectivity index (χ4v) is 4.34. The number of nitrogens with zero attached hydrogens (tertiary/aromatic N) is 2. The van der Waals surface area contributed by atoms with E-state index in [1.165, 1.54) is 45.2 Å². The Morgan fingerprint density at radius 2 is 1.96 bits per heavy atom. The lowest BCUT2D eigenvalue weighted by atomic mass is 10.1. The molecule has 0 aromatic heterocycles. The molecular formula is C22H37IN4O. The molecule has 1 aromatic carbocycles. The van der Waals surface area contributed by atoms with Gasteiger partial charge in [0.2, 0.25) is 0 Å². The van der Waals surface area contributed by atoms with E-state index in [1.807, 2.05) is 30.3 Å². The molecule has 0 bridgehead atoms. The molecule has 1 heterocycles. The average Bonchev–Trinajstić information content (AvgIpc) is 3.33. The van der Waals surface area contributed by atoms with Crippen LogP contribution >= 0.6 is 24.0 Å². The van der Waals surface area contributed by atoms with Gasteiger partial charge in [-0.2, -0.15) is 0 Å². The lowest BCUT2D eigenvalue weighted by Crippen LogP contribution is -2.45. The number of guanidine groups is 1. The molecule has 1 aliphatic heterocycles. The highest BCUT2D eigenvalue weighted by atomic mass is 127. The summed E-state index contributed by atoms with van der Waals surface area (Å²) in [5.74, 6) is 1.75. The second-order valence-electron chi connectivity index (χ2n) is 8.10. The van der Waals surface area contributed by atoms with Crippen molar-refractivity contribution in [2.24, 2.45) is 10.9 Å². The number of likely N-dealkylation sites (tertiary alicyclic amines) is 1. The molecule has 158 valence electrons. The molecule has 3 N–H and O–H groups in total. The number of hydrogen-bond acceptors (Lipinski definition) is 3. The molecule has 0 amide bonds. The number of hydrogen-bond donors (Lipinski definition) is 3. The van der Waals surface area contributed by atoms with E-state index in [9.17, 15) is 5.11 Å². The first-order valence-corrected chi connectivity index (χ1v) is 10.7. The molecule has 2 aliphatic rings. The summed E-state index contributed by atoms with van der Waals surface area (Å²) in [6, 6.07) is 10.6. The average molecular weight is 500 g/mol. The molecule has 0 radical (unpaired) electrons. The van der Waals surface area contributed by atoms with Crippen molar-refractivity contribution in [3.8, 4) is 0 Å². The first kappa shape index (κ1) is 23.4. The van der Waals surface area contributed by atoms with Crippen LogP contribution in [0.5, 0.6) is 0 Å². The van der Waals surface area contributed by atoms with E-state index in [0.717, 1.165) is 30.5 Å². The molecule has 3 rings (SSSR count). The van der Waals surface area contributed by atoms with E-state index in [1.54, 1.807) is 0 Å². The van der Waals surface area contributed by atoms with Crippen LogP contribution in [-0.4, -0.2) is 60.8 Å². The molecule has 1 aliphatic carbocycles. The first-order chi connectivity index (χ1) is 13.2. The van der Waals surface area contributed by atoms with Gasteiger partial charge in [-0.05, 0) is 37.7 Å². The number of aliphatic hydroxyl groups is 1. The number of aliphatic hydroxyl groups excluding tert-OH is 1. The van der Waals surface area contributed by atoms with Crippen molar-refractivity contribution in [2.45, 2.75) is 57.6 Å². The van der Waals surface area contributed by atoms with Crippen molar-refractivity contribution >= 4 is 29.9 Å². The van der Waals surface area contributed by atoms with Crippen molar-refractivity contribution in [3.63, 3.8) is 0 Å². The Morgan fingerprint density at radius 3 is 2.68 bits per heavy atom. The minimum Gasteiger partial charge on any atom is -0.391 e. The van der Waals surface area contributed by atoms with Gasteiger partial charge >= 0.3 is 0 Å². The van der Waals surface area contributed by atoms with Crippen LogP contribution < -0.4 is 10.6 Å². The zero-order valence-corrected chi connectivity index (χ0v) is 19.5. The van der Waals surface area contributed by atoms with Gasteiger partial charge in [0.15, 0.2) is 5.96 Å². The standard InChI is InChI=1S/C22H36N4O.HI/c1-2-23-22(24-15-21(27)14-18-8-4-3-5-9-18)25-20-12-13-26(17-20)16-19-10-6-7-11-19;/h3-5,8-9,19-21,27H,2,6-7,10-17H2,1H3,(H2,23,24,25);1H. The topological polar surface area (TPSA) is 59.9 Å². The molecule has 2 atom stereocenters. The summed E-state index contributed by atoms with van der Waals surface area (Å²) in [5, 5.41) is 17.2. The second-order valence-corrected chi connectivity index (χ2v) is 8.10. The number of benzene rings is 1. The maximum Gasteiger partial charge on any atom is 0.191 e. The van der Waals surface area contributed by atoms with Gasteiger partial charge < -0.3 is 20.6 Å². The Hall–Kier alpha value is -0.860. The quantitative estimate of drug-likeness (QED) is 0.292. The summed E-state index contributed by atoms with van der Waals surface area (Å²) in [4.78, 5) is 7.24. The molecule has 2 fully saturated rings. The minimum absolute atomic E-state index is 0. The fraction of sp³-hybridized carbons (Fsp3) is 0.682. The third-order valence-corrected chi connectivity index (χ3v) is 5.72. The van der Waals surface area contributed by atoms with E-state index in [0.29, 0.717) is 19.0 Å². The maximum absolute atomic E-state index is 10.3. The van der Waals surface area contributed by atoms with E-state index >= 15 is 0 Å². The third-order valence-electron chi connectivity index (χ3n) is 5.72. The van der Waals surface area contributed by atoms with Crippen LogP contribution in [0.4, 0.5) is 0 Å². The highest BCUT2D eigenvalue weighted by Gasteiger charge is 2.26. The smallest absolute Gasteiger partial charge is 0.191 e. The van der Waals surface area contributed by atoms with Gasteiger partial charge in [0, 0.05) is 38.6 Å². The molecule has 0 spiro atoms. The van der Waals surface area contributed by atoms with Crippen molar-refractivity contribution < 1.29 is 5.11 Å². The lowest BCUT2D eigenvalue weighted by Gasteiger charge is -2.21. The highest BCUT2D eigenvalue weighted by molar-refractivity contribution is 14.0. The SMILES string of the molecule is CCNC(=NCC(O)Cc1ccccc1)NC1CCN(CC2CCCC2)C1.I. The van der Waals surface area contributed by atoms with Gasteiger partial charge in [-0.25, -0.2) is 0 Å². The summed E-state index contributed by atoms with van der Waals surface area (Å²) >= 11 is 0. The summed E-state index contributed by atoms with van der Waals surface area (Å²) in [6.45, 7) is 6.89. The summed E-state index contributed by atoms with van der Waals surface area (Å²) in [6.07, 6.45) is 7.03. The molecule has 2 unspecified atom stereocenters. The molecule has 5 nitrogen and oxygen atoms in total. The van der Waals surface area contributed by atoms with Gasteiger partial charge in [0.25, 0.3) is 0 Å². The Morgan fingerprint density at radius 1 is 1.21 bits per heavy atom. The molecule has 1 saturated heterocycles. The maximum atomic E-state index is 10.3. The van der Waals surface area contributed by atoms with Crippen molar-refractivity contribution in [1.82, 2.24) is 15.5 Å². The van der Waals surface area contributed by atoms with E-state index in [2.05, 4.69) is 27.4 Å². The van der Waals surface area contributed by atoms with Gasteiger partial charge in [-0.1, -0.05) is 43.2 Å². The van der Waals surface area contributed by atoms with Crippen LogP contribution in [0.1, 0.15) is 44.6 Å². The van der Waals surface area contributed by atoms with Crippen molar-refractivity contribution in [1.29, 1.82) is 0 Å².